The zero-order chi connectivity index (χ0) is 17.5. The van der Waals surface area contributed by atoms with Crippen molar-refractivity contribution in [1.29, 1.82) is 0 Å². The highest BCUT2D eigenvalue weighted by molar-refractivity contribution is 7.17. The number of carbonyl (C=O) groups excluding carboxylic acids is 1. The molecule has 0 amide bonds. The number of Topliss-reactive ketones (excluding diaryl/α,β-unsaturated/α-hetero) is 1. The van der Waals surface area contributed by atoms with Crippen molar-refractivity contribution in [3.05, 3.63) is 58.7 Å². The molecule has 0 fully saturated rings. The summed E-state index contributed by atoms with van der Waals surface area (Å²) in [5.41, 5.74) is 3.40. The molecule has 1 aromatic carbocycles. The summed E-state index contributed by atoms with van der Waals surface area (Å²) in [6.07, 6.45) is -4.85. The first-order valence-corrected chi connectivity index (χ1v) is 7.93. The van der Waals surface area contributed by atoms with Crippen LogP contribution in [0.3, 0.4) is 0 Å². The van der Waals surface area contributed by atoms with E-state index in [9.17, 15) is 18.0 Å². The molecule has 2 aromatic heterocycles. The van der Waals surface area contributed by atoms with Gasteiger partial charge >= 0.3 is 6.18 Å². The van der Waals surface area contributed by atoms with Crippen molar-refractivity contribution in [2.45, 2.75) is 20.0 Å². The van der Waals surface area contributed by atoms with Crippen molar-refractivity contribution in [2.75, 3.05) is 0 Å². The Kier molecular flexibility index (Phi) is 4.04. The average Bonchev–Trinajstić information content (AvgIpc) is 3.12. The lowest BCUT2D eigenvalue weighted by Gasteiger charge is -2.06. The summed E-state index contributed by atoms with van der Waals surface area (Å²) in [4.78, 5) is 11.6. The van der Waals surface area contributed by atoms with Gasteiger partial charge in [-0.2, -0.15) is 18.3 Å². The van der Waals surface area contributed by atoms with Gasteiger partial charge in [-0.15, -0.1) is 11.3 Å². The number of aromatic nitrogens is 2. The Bertz CT molecular complexity index is 909. The minimum atomic E-state index is -4.85. The maximum atomic E-state index is 12.5. The molecule has 0 N–H and O–H groups in total. The van der Waals surface area contributed by atoms with Crippen molar-refractivity contribution in [1.82, 2.24) is 9.78 Å². The number of rotatable bonds is 3. The van der Waals surface area contributed by atoms with Gasteiger partial charge in [-0.05, 0) is 49.7 Å². The summed E-state index contributed by atoms with van der Waals surface area (Å²) in [6, 6.07) is 12.0. The van der Waals surface area contributed by atoms with Crippen molar-refractivity contribution in [2.24, 2.45) is 0 Å². The Labute approximate surface area is 140 Å². The number of alkyl halides is 3. The van der Waals surface area contributed by atoms with Crippen LogP contribution in [-0.4, -0.2) is 21.7 Å². The number of hydrogen-bond acceptors (Lipinski definition) is 3. The maximum absolute atomic E-state index is 12.5. The fourth-order valence-corrected chi connectivity index (χ4v) is 3.40. The Morgan fingerprint density at radius 2 is 1.88 bits per heavy atom. The molecule has 0 saturated carbocycles. The fourth-order valence-electron chi connectivity index (χ4n) is 2.44. The van der Waals surface area contributed by atoms with E-state index in [1.165, 1.54) is 12.1 Å². The lowest BCUT2D eigenvalue weighted by Crippen LogP contribution is -2.21. The van der Waals surface area contributed by atoms with Crippen LogP contribution in [0.2, 0.25) is 0 Å². The highest BCUT2D eigenvalue weighted by Gasteiger charge is 2.40. The summed E-state index contributed by atoms with van der Waals surface area (Å²) in [7, 11) is 0. The second-order valence-electron chi connectivity index (χ2n) is 5.38. The summed E-state index contributed by atoms with van der Waals surface area (Å²) in [5, 5.41) is 4.40. The molecule has 0 atom stereocenters. The average molecular weight is 350 g/mol. The molecule has 0 unspecified atom stereocenters. The topological polar surface area (TPSA) is 34.9 Å². The van der Waals surface area contributed by atoms with Crippen LogP contribution in [-0.2, 0) is 0 Å². The summed E-state index contributed by atoms with van der Waals surface area (Å²) in [5.74, 6) is -1.81. The van der Waals surface area contributed by atoms with E-state index in [4.69, 9.17) is 0 Å². The number of halogens is 3. The predicted molar refractivity (Wildman–Crippen MR) is 86.7 cm³/mol. The van der Waals surface area contributed by atoms with Crippen LogP contribution in [0, 0.1) is 13.8 Å². The second-order valence-corrected chi connectivity index (χ2v) is 6.46. The fraction of sp³-hybridized carbons (Fsp3) is 0.176. The second kappa shape index (κ2) is 5.90. The maximum Gasteiger partial charge on any atom is 0.455 e. The summed E-state index contributed by atoms with van der Waals surface area (Å²) in [6.45, 7) is 3.82. The quantitative estimate of drug-likeness (QED) is 0.626. The molecule has 0 aliphatic heterocycles. The predicted octanol–water partition coefficient (Wildman–Crippen LogP) is 4.96. The molecule has 0 bridgehead atoms. The highest BCUT2D eigenvalue weighted by Crippen LogP contribution is 2.33. The molecule has 124 valence electrons. The van der Waals surface area contributed by atoms with E-state index in [0.717, 1.165) is 34.0 Å². The molecule has 0 radical (unpaired) electrons. The van der Waals surface area contributed by atoms with Gasteiger partial charge in [0, 0.05) is 10.6 Å². The molecule has 24 heavy (non-hydrogen) atoms. The minimum Gasteiger partial charge on any atom is -0.283 e. The van der Waals surface area contributed by atoms with Crippen molar-refractivity contribution in [3.8, 4) is 16.1 Å². The first kappa shape index (κ1) is 16.4. The summed E-state index contributed by atoms with van der Waals surface area (Å²) < 4.78 is 39.3. The number of carbonyl (C=O) groups is 1. The minimum absolute atomic E-state index is 0.311. The van der Waals surface area contributed by atoms with E-state index in [1.54, 1.807) is 10.7 Å². The number of ketones is 1. The van der Waals surface area contributed by atoms with Crippen LogP contribution < -0.4 is 0 Å². The third-order valence-electron chi connectivity index (χ3n) is 3.47. The zero-order valence-corrected chi connectivity index (χ0v) is 13.7. The van der Waals surface area contributed by atoms with Crippen LogP contribution in [0.5, 0.6) is 0 Å². The zero-order valence-electron chi connectivity index (χ0n) is 12.9. The Balaban J connectivity index is 1.97. The van der Waals surface area contributed by atoms with Crippen molar-refractivity contribution >= 4 is 17.1 Å². The van der Waals surface area contributed by atoms with Gasteiger partial charge in [-0.25, -0.2) is 4.68 Å². The van der Waals surface area contributed by atoms with E-state index in [2.05, 4.69) is 5.10 Å². The molecule has 3 aromatic rings. The van der Waals surface area contributed by atoms with Gasteiger partial charge in [0.15, 0.2) is 0 Å². The Morgan fingerprint density at radius 3 is 2.50 bits per heavy atom. The van der Waals surface area contributed by atoms with Gasteiger partial charge in [-0.1, -0.05) is 12.1 Å². The Morgan fingerprint density at radius 1 is 1.12 bits per heavy atom. The number of nitrogens with zero attached hydrogens (tertiary/aromatic N) is 2. The van der Waals surface area contributed by atoms with Gasteiger partial charge in [-0.3, -0.25) is 4.79 Å². The van der Waals surface area contributed by atoms with E-state index < -0.39 is 12.0 Å². The number of thiophene rings is 1. The number of aryl methyl sites for hydroxylation is 2. The lowest BCUT2D eigenvalue weighted by atomic mass is 10.1. The smallest absolute Gasteiger partial charge is 0.283 e. The monoisotopic (exact) mass is 350 g/mol. The van der Waals surface area contributed by atoms with Gasteiger partial charge in [0.1, 0.15) is 0 Å². The van der Waals surface area contributed by atoms with Crippen molar-refractivity contribution < 1.29 is 18.0 Å². The first-order chi connectivity index (χ1) is 11.3. The van der Waals surface area contributed by atoms with E-state index in [1.807, 2.05) is 38.1 Å². The SMILES string of the molecule is Cc1cc(C)n(-c2cccc(-c3ccc(C(=O)C(F)(F)F)s3)c2)n1. The van der Waals surface area contributed by atoms with E-state index in [0.29, 0.717) is 4.88 Å². The largest absolute Gasteiger partial charge is 0.455 e. The normalized spacial score (nSPS) is 11.7. The molecular formula is C17H13F3N2OS. The lowest BCUT2D eigenvalue weighted by molar-refractivity contribution is -0.0882. The van der Waals surface area contributed by atoms with E-state index >= 15 is 0 Å². The molecule has 7 heteroatoms. The van der Waals surface area contributed by atoms with Gasteiger partial charge in [0.25, 0.3) is 5.78 Å². The number of hydrogen-bond donors (Lipinski definition) is 0. The van der Waals surface area contributed by atoms with Crippen LogP contribution in [0.4, 0.5) is 13.2 Å². The molecule has 0 aliphatic carbocycles. The standard InChI is InChI=1S/C17H13F3N2OS/c1-10-8-11(2)22(21-10)13-5-3-4-12(9-13)14-6-7-15(24-14)16(23)17(18,19)20/h3-9H,1-2H3. The van der Waals surface area contributed by atoms with Crippen LogP contribution in [0.15, 0.2) is 42.5 Å². The third-order valence-corrected chi connectivity index (χ3v) is 4.61. The molecule has 0 aliphatic rings. The highest BCUT2D eigenvalue weighted by atomic mass is 32.1. The summed E-state index contributed by atoms with van der Waals surface area (Å²) >= 11 is 0.835. The van der Waals surface area contributed by atoms with Crippen LogP contribution >= 0.6 is 11.3 Å². The molecular weight excluding hydrogens is 337 g/mol. The molecule has 0 saturated heterocycles. The first-order valence-electron chi connectivity index (χ1n) is 7.11. The molecule has 2 heterocycles. The third kappa shape index (κ3) is 3.12. The number of benzene rings is 1. The van der Waals surface area contributed by atoms with Crippen molar-refractivity contribution in [3.63, 3.8) is 0 Å². The molecule has 0 spiro atoms. The van der Waals surface area contributed by atoms with E-state index in [-0.39, 0.29) is 4.88 Å². The Hall–Kier alpha value is -2.41. The molecule has 3 rings (SSSR count). The van der Waals surface area contributed by atoms with Crippen LogP contribution in [0.1, 0.15) is 21.1 Å². The molecule has 3 nitrogen and oxygen atoms in total. The van der Waals surface area contributed by atoms with Gasteiger partial charge in [0.2, 0.25) is 0 Å². The van der Waals surface area contributed by atoms with Crippen LogP contribution in [0.25, 0.3) is 16.1 Å². The van der Waals surface area contributed by atoms with Gasteiger partial charge < -0.3 is 0 Å². The van der Waals surface area contributed by atoms with Gasteiger partial charge in [0.05, 0.1) is 16.3 Å².